The van der Waals surface area contributed by atoms with Crippen LogP contribution in [0.3, 0.4) is 0 Å². The number of ether oxygens (including phenoxy) is 1. The molecule has 1 spiro atoms. The summed E-state index contributed by atoms with van der Waals surface area (Å²) in [5, 5.41) is -0.344. The highest BCUT2D eigenvalue weighted by atomic mass is 32.2. The van der Waals surface area contributed by atoms with E-state index in [4.69, 9.17) is 15.5 Å². The van der Waals surface area contributed by atoms with Gasteiger partial charge >= 0.3 is 0 Å². The molecule has 3 aliphatic rings. The maximum Gasteiger partial charge on any atom is 0.281 e. The predicted octanol–water partition coefficient (Wildman–Crippen LogP) is 4.71. The van der Waals surface area contributed by atoms with Crippen molar-refractivity contribution in [2.75, 3.05) is 5.73 Å². The van der Waals surface area contributed by atoms with Crippen molar-refractivity contribution < 1.29 is 17.9 Å². The van der Waals surface area contributed by atoms with Gasteiger partial charge < -0.3 is 10.5 Å². The summed E-state index contributed by atoms with van der Waals surface area (Å²) in [6, 6.07) is 11.5. The summed E-state index contributed by atoms with van der Waals surface area (Å²) >= 11 is 0. The Morgan fingerprint density at radius 1 is 1.08 bits per heavy atom. The summed E-state index contributed by atoms with van der Waals surface area (Å²) in [5.74, 6) is 1.12. The molecule has 2 saturated carbocycles. The van der Waals surface area contributed by atoms with Crippen molar-refractivity contribution in [3.63, 3.8) is 0 Å². The molecule has 3 unspecified atom stereocenters. The van der Waals surface area contributed by atoms with E-state index in [1.54, 1.807) is 12.1 Å². The van der Waals surface area contributed by atoms with Gasteiger partial charge in [0.15, 0.2) is 5.03 Å². The molecule has 3 aromatic rings. The molecular weight excluding hydrogens is 488 g/mol. The van der Waals surface area contributed by atoms with E-state index in [2.05, 4.69) is 15.8 Å². The summed E-state index contributed by atoms with van der Waals surface area (Å²) in [5.41, 5.74) is 10.8. The summed E-state index contributed by atoms with van der Waals surface area (Å²) < 4.78 is 34.1. The minimum atomic E-state index is -4.26. The number of nitrogens with one attached hydrogen (secondary N) is 1. The number of carbonyl (C=O) groups is 1. The SMILES string of the molecule is Cc1cc(C)c(Oc2nc(C3=CC45CC4CCC35)ccc2C(=O)NS(=O)(=O)c2cccc(N)n2)c(C)c1. The second-order valence-electron chi connectivity index (χ2n) is 10.5. The summed E-state index contributed by atoms with van der Waals surface area (Å²) in [6.07, 6.45) is 5.98. The smallest absolute Gasteiger partial charge is 0.281 e. The molecular formula is C28H28N4O4S. The van der Waals surface area contributed by atoms with Gasteiger partial charge in [-0.3, -0.25) is 4.79 Å². The Morgan fingerprint density at radius 2 is 1.84 bits per heavy atom. The average molecular weight is 517 g/mol. The van der Waals surface area contributed by atoms with Gasteiger partial charge in [0.1, 0.15) is 17.1 Å². The second-order valence-corrected chi connectivity index (χ2v) is 12.1. The van der Waals surface area contributed by atoms with Gasteiger partial charge in [-0.2, -0.15) is 8.42 Å². The van der Waals surface area contributed by atoms with E-state index in [-0.39, 0.29) is 22.3 Å². The van der Waals surface area contributed by atoms with Gasteiger partial charge in [-0.05, 0) is 98.2 Å². The number of nitrogens with zero attached hydrogens (tertiary/aromatic N) is 2. The summed E-state index contributed by atoms with van der Waals surface area (Å²) in [6.45, 7) is 5.86. The topological polar surface area (TPSA) is 124 Å². The highest BCUT2D eigenvalue weighted by Gasteiger charge is 2.67. The van der Waals surface area contributed by atoms with Crippen molar-refractivity contribution in [2.24, 2.45) is 17.3 Å². The summed E-state index contributed by atoms with van der Waals surface area (Å²) in [4.78, 5) is 21.9. The van der Waals surface area contributed by atoms with Crippen LogP contribution in [-0.4, -0.2) is 24.3 Å². The van der Waals surface area contributed by atoms with E-state index in [1.807, 2.05) is 32.9 Å². The Kier molecular flexibility index (Phi) is 5.21. The number of nitrogens with two attached hydrogens (primary N) is 1. The first-order valence-electron chi connectivity index (χ1n) is 12.4. The van der Waals surface area contributed by atoms with E-state index in [9.17, 15) is 13.2 Å². The van der Waals surface area contributed by atoms with Crippen LogP contribution in [0.15, 0.2) is 53.6 Å². The van der Waals surface area contributed by atoms with Crippen LogP contribution in [0, 0.1) is 38.0 Å². The lowest BCUT2D eigenvalue weighted by Gasteiger charge is -2.34. The number of rotatable bonds is 6. The Labute approximate surface area is 216 Å². The molecule has 0 bridgehead atoms. The first-order valence-corrected chi connectivity index (χ1v) is 13.9. The molecule has 190 valence electrons. The molecule has 3 atom stereocenters. The van der Waals surface area contributed by atoms with Gasteiger partial charge in [-0.25, -0.2) is 14.7 Å². The lowest BCUT2D eigenvalue weighted by molar-refractivity contribution is 0.0978. The van der Waals surface area contributed by atoms with Crippen molar-refractivity contribution in [2.45, 2.75) is 45.1 Å². The molecule has 0 aliphatic heterocycles. The molecule has 9 heteroatoms. The molecule has 6 rings (SSSR count). The monoisotopic (exact) mass is 516 g/mol. The molecule has 2 heterocycles. The molecule has 37 heavy (non-hydrogen) atoms. The zero-order valence-electron chi connectivity index (χ0n) is 20.9. The number of carbonyl (C=O) groups excluding carboxylic acids is 1. The fourth-order valence-electron chi connectivity index (χ4n) is 6.16. The van der Waals surface area contributed by atoms with Gasteiger partial charge in [0, 0.05) is 0 Å². The van der Waals surface area contributed by atoms with Gasteiger partial charge in [0.2, 0.25) is 5.88 Å². The number of aryl methyl sites for hydroxylation is 3. The quantitative estimate of drug-likeness (QED) is 0.486. The number of allylic oxidation sites excluding steroid dienone is 2. The molecule has 0 radical (unpaired) electrons. The Bertz CT molecular complexity index is 1590. The van der Waals surface area contributed by atoms with Crippen LogP contribution in [0.1, 0.15) is 52.0 Å². The molecule has 3 aliphatic carbocycles. The number of pyridine rings is 2. The first-order chi connectivity index (χ1) is 17.6. The third-order valence-electron chi connectivity index (χ3n) is 7.90. The van der Waals surface area contributed by atoms with E-state index in [0.717, 1.165) is 34.7 Å². The lowest BCUT2D eigenvalue weighted by Crippen LogP contribution is -2.32. The third-order valence-corrected chi connectivity index (χ3v) is 9.14. The number of hydrogen-bond donors (Lipinski definition) is 2. The van der Waals surface area contributed by atoms with Crippen LogP contribution in [0.5, 0.6) is 11.6 Å². The zero-order valence-corrected chi connectivity index (χ0v) is 21.7. The van der Waals surface area contributed by atoms with Gasteiger partial charge in [0.25, 0.3) is 15.9 Å². The van der Waals surface area contributed by atoms with Crippen molar-refractivity contribution >= 4 is 27.3 Å². The highest BCUT2D eigenvalue weighted by molar-refractivity contribution is 7.90. The first kappa shape index (κ1) is 23.7. The minimum Gasteiger partial charge on any atom is -0.438 e. The van der Waals surface area contributed by atoms with Crippen LogP contribution >= 0.6 is 0 Å². The van der Waals surface area contributed by atoms with Crippen molar-refractivity contribution in [3.05, 3.63) is 76.5 Å². The Balaban J connectivity index is 1.38. The Morgan fingerprint density at radius 3 is 2.51 bits per heavy atom. The van der Waals surface area contributed by atoms with Gasteiger partial charge in [-0.15, -0.1) is 0 Å². The maximum absolute atomic E-state index is 13.3. The number of hydrogen-bond acceptors (Lipinski definition) is 7. The lowest BCUT2D eigenvalue weighted by atomic mass is 9.71. The van der Waals surface area contributed by atoms with Crippen LogP contribution in [0.25, 0.3) is 5.57 Å². The summed E-state index contributed by atoms with van der Waals surface area (Å²) in [7, 11) is -4.26. The van der Waals surface area contributed by atoms with E-state index < -0.39 is 15.9 Å². The molecule has 0 saturated heterocycles. The molecule has 3 N–H and O–H groups in total. The number of amides is 1. The van der Waals surface area contributed by atoms with Crippen LogP contribution in [-0.2, 0) is 10.0 Å². The standard InChI is InChI=1S/C28H28N4O4S/c1-15-11-16(2)25(17(3)12-15)36-27-19(26(33)32-37(34,35)24-6-4-5-23(29)31-24)8-10-22(30-27)20-14-28-13-18(28)7-9-21(20)28/h4-6,8,10-12,14,18,21H,7,9,13H2,1-3H3,(H2,29,31)(H,32,33). The van der Waals surface area contributed by atoms with Crippen LogP contribution < -0.4 is 15.2 Å². The number of aromatic nitrogens is 2. The number of benzene rings is 1. The molecule has 1 aromatic carbocycles. The average Bonchev–Trinajstić information content (AvgIpc) is 3.49. The van der Waals surface area contributed by atoms with E-state index in [1.165, 1.54) is 36.6 Å². The zero-order chi connectivity index (χ0) is 26.1. The number of anilines is 1. The van der Waals surface area contributed by atoms with E-state index >= 15 is 0 Å². The van der Waals surface area contributed by atoms with Crippen molar-refractivity contribution in [3.8, 4) is 11.6 Å². The predicted molar refractivity (Wildman–Crippen MR) is 140 cm³/mol. The highest BCUT2D eigenvalue weighted by Crippen LogP contribution is 2.76. The second kappa shape index (κ2) is 8.14. The molecule has 8 nitrogen and oxygen atoms in total. The van der Waals surface area contributed by atoms with Gasteiger partial charge in [-0.1, -0.05) is 29.8 Å². The number of sulfonamides is 1. The normalized spacial score (nSPS) is 23.4. The minimum absolute atomic E-state index is 0.0148. The number of nitrogen functional groups attached to an aromatic ring is 1. The molecule has 1 amide bonds. The maximum atomic E-state index is 13.3. The van der Waals surface area contributed by atoms with Crippen molar-refractivity contribution in [1.29, 1.82) is 0 Å². The molecule has 2 fully saturated rings. The van der Waals surface area contributed by atoms with E-state index in [0.29, 0.717) is 17.1 Å². The largest absolute Gasteiger partial charge is 0.438 e. The third kappa shape index (κ3) is 3.89. The fourth-order valence-corrected chi connectivity index (χ4v) is 7.10. The van der Waals surface area contributed by atoms with Crippen LogP contribution in [0.2, 0.25) is 0 Å². The van der Waals surface area contributed by atoms with Gasteiger partial charge in [0.05, 0.1) is 5.69 Å². The Hall–Kier alpha value is -3.72. The molecule has 2 aromatic heterocycles. The van der Waals surface area contributed by atoms with Crippen molar-refractivity contribution in [1.82, 2.24) is 14.7 Å². The van der Waals surface area contributed by atoms with Crippen LogP contribution in [0.4, 0.5) is 5.82 Å². The fraction of sp³-hybridized carbons (Fsp3) is 0.321.